The summed E-state index contributed by atoms with van der Waals surface area (Å²) in [5.41, 5.74) is 1.49. The summed E-state index contributed by atoms with van der Waals surface area (Å²) in [5.74, 6) is -3.23. The summed E-state index contributed by atoms with van der Waals surface area (Å²) in [4.78, 5) is 38.8. The van der Waals surface area contributed by atoms with Gasteiger partial charge in [0.25, 0.3) is 5.91 Å². The minimum atomic E-state index is -0.807. The summed E-state index contributed by atoms with van der Waals surface area (Å²) in [6, 6.07) is 12.5. The molecule has 1 atom stereocenters. The number of nitrogens with zero attached hydrogens (tertiary/aromatic N) is 1. The number of carbonyl (C=O) groups excluding carboxylic acids is 3. The van der Waals surface area contributed by atoms with Gasteiger partial charge in [-0.1, -0.05) is 24.3 Å². The maximum atomic E-state index is 13.4. The Bertz CT molecular complexity index is 870. The number of hydrogen-bond acceptors (Lipinski definition) is 5. The number of hydrogen-bond donors (Lipinski definition) is 1. The van der Waals surface area contributed by atoms with E-state index < -0.39 is 29.4 Å². The molecule has 0 fully saturated rings. The molecule has 7 heteroatoms. The zero-order valence-corrected chi connectivity index (χ0v) is 14.8. The second-order valence-corrected chi connectivity index (χ2v) is 6.06. The summed E-state index contributed by atoms with van der Waals surface area (Å²) in [7, 11) is 0. The van der Waals surface area contributed by atoms with Crippen LogP contribution in [0.5, 0.6) is 0 Å². The van der Waals surface area contributed by atoms with Crippen molar-refractivity contribution in [3.8, 4) is 0 Å². The molecule has 27 heavy (non-hydrogen) atoms. The first kappa shape index (κ1) is 18.6. The van der Waals surface area contributed by atoms with Gasteiger partial charge in [0.15, 0.2) is 0 Å². The van der Waals surface area contributed by atoms with Crippen LogP contribution in [0, 0.1) is 5.82 Å². The average molecular weight is 370 g/mol. The molecule has 1 aliphatic rings. The van der Waals surface area contributed by atoms with Crippen molar-refractivity contribution in [3.05, 3.63) is 59.9 Å². The van der Waals surface area contributed by atoms with Crippen molar-refractivity contribution >= 4 is 29.0 Å². The van der Waals surface area contributed by atoms with E-state index in [4.69, 9.17) is 4.74 Å². The van der Waals surface area contributed by atoms with Crippen molar-refractivity contribution in [2.24, 2.45) is 0 Å². The fourth-order valence-electron chi connectivity index (χ4n) is 3.05. The van der Waals surface area contributed by atoms with E-state index in [0.29, 0.717) is 16.9 Å². The predicted octanol–water partition coefficient (Wildman–Crippen LogP) is 2.50. The Morgan fingerprint density at radius 3 is 2.63 bits per heavy atom. The lowest BCUT2D eigenvalue weighted by Crippen LogP contribution is -2.43. The van der Waals surface area contributed by atoms with Gasteiger partial charge in [0.05, 0.1) is 12.5 Å². The topological polar surface area (TPSA) is 75.7 Å². The van der Waals surface area contributed by atoms with E-state index in [2.05, 4.69) is 5.32 Å². The number of para-hydroxylation sites is 1. The van der Waals surface area contributed by atoms with Gasteiger partial charge in [0, 0.05) is 17.9 Å². The first-order chi connectivity index (χ1) is 13.0. The number of anilines is 2. The van der Waals surface area contributed by atoms with E-state index >= 15 is 0 Å². The quantitative estimate of drug-likeness (QED) is 0.625. The van der Waals surface area contributed by atoms with E-state index in [-0.39, 0.29) is 19.7 Å². The van der Waals surface area contributed by atoms with Crippen molar-refractivity contribution < 1.29 is 23.5 Å². The molecule has 0 bridgehead atoms. The SMILES string of the molecule is CCOC(=O)CN(C(=O)C(=O)C1CNc2cc(F)ccc21)c1ccccc1. The Morgan fingerprint density at radius 2 is 1.93 bits per heavy atom. The second-order valence-electron chi connectivity index (χ2n) is 6.06. The number of halogens is 1. The summed E-state index contributed by atoms with van der Waals surface area (Å²) in [6.07, 6.45) is 0. The third-order valence-electron chi connectivity index (χ3n) is 4.32. The second kappa shape index (κ2) is 7.99. The van der Waals surface area contributed by atoms with Gasteiger partial charge in [-0.05, 0) is 36.8 Å². The largest absolute Gasteiger partial charge is 0.465 e. The van der Waals surface area contributed by atoms with Crippen molar-refractivity contribution in [2.75, 3.05) is 29.9 Å². The zero-order chi connectivity index (χ0) is 19.4. The first-order valence-corrected chi connectivity index (χ1v) is 8.61. The standard InChI is InChI=1S/C20H19FN2O4/c1-2-27-18(24)12-23(14-6-4-3-5-7-14)20(26)19(25)16-11-22-17-10-13(21)8-9-15(16)17/h3-10,16,22H,2,11-12H2,1H3. The molecule has 0 aliphatic carbocycles. The molecular weight excluding hydrogens is 351 g/mol. The molecule has 1 amide bonds. The number of rotatable bonds is 6. The van der Waals surface area contributed by atoms with Crippen LogP contribution in [-0.2, 0) is 19.1 Å². The van der Waals surface area contributed by atoms with Gasteiger partial charge >= 0.3 is 5.97 Å². The third kappa shape index (κ3) is 3.97. The van der Waals surface area contributed by atoms with Crippen molar-refractivity contribution in [1.82, 2.24) is 0 Å². The van der Waals surface area contributed by atoms with Crippen LogP contribution in [0.3, 0.4) is 0 Å². The van der Waals surface area contributed by atoms with Crippen LogP contribution in [-0.4, -0.2) is 37.4 Å². The molecule has 3 rings (SSSR count). The monoisotopic (exact) mass is 370 g/mol. The highest BCUT2D eigenvalue weighted by Gasteiger charge is 2.36. The number of benzene rings is 2. The van der Waals surface area contributed by atoms with Crippen molar-refractivity contribution in [3.63, 3.8) is 0 Å². The molecule has 0 spiro atoms. The number of carbonyl (C=O) groups is 3. The number of amides is 1. The number of ether oxygens (including phenoxy) is 1. The minimum Gasteiger partial charge on any atom is -0.465 e. The molecule has 0 saturated carbocycles. The zero-order valence-electron chi connectivity index (χ0n) is 14.8. The van der Waals surface area contributed by atoms with Crippen molar-refractivity contribution in [1.29, 1.82) is 0 Å². The Labute approximate surface area is 155 Å². The maximum Gasteiger partial charge on any atom is 0.326 e. The molecule has 1 heterocycles. The fourth-order valence-corrected chi connectivity index (χ4v) is 3.05. The number of esters is 1. The van der Waals surface area contributed by atoms with Gasteiger partial charge in [-0.25, -0.2) is 4.39 Å². The van der Waals surface area contributed by atoms with E-state index in [9.17, 15) is 18.8 Å². The van der Waals surface area contributed by atoms with Gasteiger partial charge < -0.3 is 10.1 Å². The Hall–Kier alpha value is -3.22. The van der Waals surface area contributed by atoms with Crippen molar-refractivity contribution in [2.45, 2.75) is 12.8 Å². The maximum absolute atomic E-state index is 13.4. The molecule has 1 N–H and O–H groups in total. The molecule has 2 aromatic rings. The summed E-state index contributed by atoms with van der Waals surface area (Å²) >= 11 is 0. The third-order valence-corrected chi connectivity index (χ3v) is 4.32. The summed E-state index contributed by atoms with van der Waals surface area (Å²) < 4.78 is 18.3. The van der Waals surface area contributed by atoms with Gasteiger partial charge in [-0.3, -0.25) is 19.3 Å². The van der Waals surface area contributed by atoms with Gasteiger partial charge in [0.1, 0.15) is 12.4 Å². The van der Waals surface area contributed by atoms with Gasteiger partial charge in [-0.15, -0.1) is 0 Å². The summed E-state index contributed by atoms with van der Waals surface area (Å²) in [6.45, 7) is 1.68. The lowest BCUT2D eigenvalue weighted by Gasteiger charge is -2.22. The number of Topliss-reactive ketones (excluding diaryl/α,β-unsaturated/α-hetero) is 1. The Balaban J connectivity index is 1.86. The van der Waals surface area contributed by atoms with Crippen LogP contribution in [0.15, 0.2) is 48.5 Å². The number of fused-ring (bicyclic) bond motifs is 1. The van der Waals surface area contributed by atoms with Crippen LogP contribution in [0.25, 0.3) is 0 Å². The Kier molecular flexibility index (Phi) is 5.49. The lowest BCUT2D eigenvalue weighted by molar-refractivity contribution is -0.143. The minimum absolute atomic E-state index is 0.176. The smallest absolute Gasteiger partial charge is 0.326 e. The predicted molar refractivity (Wildman–Crippen MR) is 98.1 cm³/mol. The van der Waals surface area contributed by atoms with Crippen LogP contribution >= 0.6 is 0 Å². The van der Waals surface area contributed by atoms with E-state index in [0.717, 1.165) is 4.90 Å². The summed E-state index contributed by atoms with van der Waals surface area (Å²) in [5, 5.41) is 2.94. The molecule has 140 valence electrons. The number of nitrogens with one attached hydrogen (secondary N) is 1. The molecule has 2 aromatic carbocycles. The highest BCUT2D eigenvalue weighted by Crippen LogP contribution is 2.33. The van der Waals surface area contributed by atoms with Crippen LogP contribution < -0.4 is 10.2 Å². The van der Waals surface area contributed by atoms with E-state index in [1.807, 2.05) is 0 Å². The molecular formula is C20H19FN2O4. The van der Waals surface area contributed by atoms with Gasteiger partial charge in [0.2, 0.25) is 5.78 Å². The average Bonchev–Trinajstić information content (AvgIpc) is 3.09. The highest BCUT2D eigenvalue weighted by molar-refractivity contribution is 6.43. The van der Waals surface area contributed by atoms with Gasteiger partial charge in [-0.2, -0.15) is 0 Å². The van der Waals surface area contributed by atoms with Crippen LogP contribution in [0.1, 0.15) is 18.4 Å². The molecule has 6 nitrogen and oxygen atoms in total. The Morgan fingerprint density at radius 1 is 1.19 bits per heavy atom. The normalized spacial score (nSPS) is 14.8. The van der Waals surface area contributed by atoms with Crippen LogP contribution in [0.4, 0.5) is 15.8 Å². The first-order valence-electron chi connectivity index (χ1n) is 8.61. The van der Waals surface area contributed by atoms with Crippen LogP contribution in [0.2, 0.25) is 0 Å². The van der Waals surface area contributed by atoms with E-state index in [1.54, 1.807) is 37.3 Å². The molecule has 0 radical (unpaired) electrons. The lowest BCUT2D eigenvalue weighted by atomic mass is 9.95. The highest BCUT2D eigenvalue weighted by atomic mass is 19.1. The van der Waals surface area contributed by atoms with E-state index in [1.165, 1.54) is 18.2 Å². The molecule has 0 saturated heterocycles. The molecule has 1 unspecified atom stereocenters. The number of ketones is 1. The molecule has 1 aliphatic heterocycles. The fraction of sp³-hybridized carbons (Fsp3) is 0.250. The molecule has 0 aromatic heterocycles.